The largest absolute Gasteiger partial charge is 0.411 e. The van der Waals surface area contributed by atoms with Crippen LogP contribution in [-0.2, 0) is 9.59 Å². The van der Waals surface area contributed by atoms with E-state index in [1.807, 2.05) is 30.5 Å². The molecule has 0 saturated heterocycles. The number of thioether (sulfide) groups is 1. The molecule has 0 bridgehead atoms. The van der Waals surface area contributed by atoms with Crippen LogP contribution >= 0.6 is 11.8 Å². The summed E-state index contributed by atoms with van der Waals surface area (Å²) >= 11 is 1.19. The number of nitrogens with one attached hydrogen (secondary N) is 3. The second-order valence-corrected chi connectivity index (χ2v) is 7.92. The van der Waals surface area contributed by atoms with Crippen molar-refractivity contribution in [2.24, 2.45) is 0 Å². The first-order valence-corrected chi connectivity index (χ1v) is 10.1. The van der Waals surface area contributed by atoms with E-state index in [1.165, 1.54) is 18.7 Å². The van der Waals surface area contributed by atoms with Crippen molar-refractivity contribution in [1.82, 2.24) is 15.2 Å². The Morgan fingerprint density at radius 2 is 1.73 bits per heavy atom. The third kappa shape index (κ3) is 4.36. The molecule has 0 fully saturated rings. The monoisotopic (exact) mass is 421 g/mol. The van der Waals surface area contributed by atoms with Gasteiger partial charge in [0.15, 0.2) is 0 Å². The molecule has 4 rings (SSSR count). The minimum absolute atomic E-state index is 0.150. The molecule has 152 valence electrons. The molecule has 8 nitrogen and oxygen atoms in total. The number of para-hydroxylation sites is 1. The number of hydrogen-bond acceptors (Lipinski definition) is 6. The van der Waals surface area contributed by atoms with Gasteiger partial charge in [-0.3, -0.25) is 9.59 Å². The lowest BCUT2D eigenvalue weighted by atomic mass is 10.2. The van der Waals surface area contributed by atoms with E-state index in [-0.39, 0.29) is 11.8 Å². The van der Waals surface area contributed by atoms with E-state index in [1.54, 1.807) is 31.2 Å². The zero-order valence-corrected chi connectivity index (χ0v) is 17.1. The minimum atomic E-state index is -0.448. The van der Waals surface area contributed by atoms with Crippen molar-refractivity contribution in [3.05, 3.63) is 54.7 Å². The summed E-state index contributed by atoms with van der Waals surface area (Å²) < 4.78 is 5.76. The van der Waals surface area contributed by atoms with Crippen molar-refractivity contribution < 1.29 is 14.0 Å². The van der Waals surface area contributed by atoms with Crippen LogP contribution in [-0.4, -0.2) is 32.2 Å². The maximum atomic E-state index is 12.5. The zero-order valence-electron chi connectivity index (χ0n) is 16.3. The fraction of sp³-hybridized carbons (Fsp3) is 0.143. The van der Waals surface area contributed by atoms with E-state index >= 15 is 0 Å². The molecule has 2 aromatic carbocycles. The van der Waals surface area contributed by atoms with Gasteiger partial charge in [0.25, 0.3) is 11.1 Å². The number of aromatic nitrogens is 3. The number of benzene rings is 2. The Labute approximate surface area is 176 Å². The summed E-state index contributed by atoms with van der Waals surface area (Å²) in [7, 11) is 0. The van der Waals surface area contributed by atoms with Gasteiger partial charge < -0.3 is 20.0 Å². The summed E-state index contributed by atoms with van der Waals surface area (Å²) in [5.41, 5.74) is 3.10. The molecule has 0 aliphatic heterocycles. The number of carbonyl (C=O) groups is 2. The molecule has 2 amide bonds. The number of aromatic amines is 1. The predicted molar refractivity (Wildman–Crippen MR) is 116 cm³/mol. The molecule has 0 radical (unpaired) electrons. The highest BCUT2D eigenvalue weighted by atomic mass is 32.2. The van der Waals surface area contributed by atoms with E-state index in [2.05, 4.69) is 25.8 Å². The van der Waals surface area contributed by atoms with Crippen molar-refractivity contribution >= 4 is 45.9 Å². The lowest BCUT2D eigenvalue weighted by molar-refractivity contribution is -0.115. The first-order chi connectivity index (χ1) is 14.5. The highest BCUT2D eigenvalue weighted by Crippen LogP contribution is 2.31. The maximum absolute atomic E-state index is 12.5. The Bertz CT molecular complexity index is 1200. The SMILES string of the molecule is CC(=O)Nc1ccc(NC(=O)C(C)Sc2nnc(-c3c[nH]c4ccccc34)o2)cc1. The van der Waals surface area contributed by atoms with E-state index in [0.29, 0.717) is 22.5 Å². The second-order valence-electron chi connectivity index (χ2n) is 6.63. The van der Waals surface area contributed by atoms with Gasteiger partial charge in [-0.15, -0.1) is 10.2 Å². The highest BCUT2D eigenvalue weighted by molar-refractivity contribution is 8.00. The molecule has 1 atom stereocenters. The molecule has 0 saturated carbocycles. The van der Waals surface area contributed by atoms with Crippen molar-refractivity contribution in [3.8, 4) is 11.5 Å². The topological polar surface area (TPSA) is 113 Å². The van der Waals surface area contributed by atoms with Gasteiger partial charge in [-0.2, -0.15) is 0 Å². The quantitative estimate of drug-likeness (QED) is 0.400. The van der Waals surface area contributed by atoms with Crippen LogP contribution in [0.1, 0.15) is 13.8 Å². The molecule has 4 aromatic rings. The third-order valence-electron chi connectivity index (χ3n) is 4.35. The average molecular weight is 421 g/mol. The van der Waals surface area contributed by atoms with Crippen LogP contribution in [0.25, 0.3) is 22.4 Å². The minimum Gasteiger partial charge on any atom is -0.411 e. The van der Waals surface area contributed by atoms with Gasteiger partial charge in [-0.25, -0.2) is 0 Å². The Balaban J connectivity index is 1.40. The molecule has 2 heterocycles. The number of rotatable bonds is 6. The van der Waals surface area contributed by atoms with Gasteiger partial charge in [-0.05, 0) is 37.3 Å². The van der Waals surface area contributed by atoms with Gasteiger partial charge in [0.2, 0.25) is 11.8 Å². The number of fused-ring (bicyclic) bond motifs is 1. The fourth-order valence-corrected chi connectivity index (χ4v) is 3.59. The molecular formula is C21H19N5O3S. The number of hydrogen-bond donors (Lipinski definition) is 3. The Morgan fingerprint density at radius 3 is 2.47 bits per heavy atom. The third-order valence-corrected chi connectivity index (χ3v) is 5.28. The van der Waals surface area contributed by atoms with Crippen LogP contribution in [0.3, 0.4) is 0 Å². The van der Waals surface area contributed by atoms with Crippen molar-refractivity contribution in [2.45, 2.75) is 24.3 Å². The molecule has 3 N–H and O–H groups in total. The van der Waals surface area contributed by atoms with Crippen molar-refractivity contribution in [3.63, 3.8) is 0 Å². The van der Waals surface area contributed by atoms with Crippen LogP contribution in [0.4, 0.5) is 11.4 Å². The Kier molecular flexibility index (Phi) is 5.53. The van der Waals surface area contributed by atoms with Gasteiger partial charge in [-0.1, -0.05) is 30.0 Å². The van der Waals surface area contributed by atoms with Crippen molar-refractivity contribution in [2.75, 3.05) is 10.6 Å². The smallest absolute Gasteiger partial charge is 0.277 e. The summed E-state index contributed by atoms with van der Waals surface area (Å²) in [5.74, 6) is 0.0543. The maximum Gasteiger partial charge on any atom is 0.277 e. The summed E-state index contributed by atoms with van der Waals surface area (Å²) in [6.07, 6.45) is 1.83. The zero-order chi connectivity index (χ0) is 21.1. The lowest BCUT2D eigenvalue weighted by Crippen LogP contribution is -2.22. The number of anilines is 2. The van der Waals surface area contributed by atoms with E-state index in [0.717, 1.165) is 16.5 Å². The molecule has 0 aliphatic carbocycles. The highest BCUT2D eigenvalue weighted by Gasteiger charge is 2.20. The van der Waals surface area contributed by atoms with Crippen LogP contribution < -0.4 is 10.6 Å². The molecule has 2 aromatic heterocycles. The molecular weight excluding hydrogens is 402 g/mol. The lowest BCUT2D eigenvalue weighted by Gasteiger charge is -2.10. The molecule has 9 heteroatoms. The molecule has 0 spiro atoms. The summed E-state index contributed by atoms with van der Waals surface area (Å²) in [6, 6.07) is 14.7. The van der Waals surface area contributed by atoms with Crippen LogP contribution in [0, 0.1) is 0 Å². The fourth-order valence-electron chi connectivity index (χ4n) is 2.90. The van der Waals surface area contributed by atoms with E-state index in [4.69, 9.17) is 4.42 Å². The summed E-state index contributed by atoms with van der Waals surface area (Å²) in [4.78, 5) is 26.7. The predicted octanol–water partition coefficient (Wildman–Crippen LogP) is 4.30. The number of H-pyrrole nitrogens is 1. The van der Waals surface area contributed by atoms with Crippen LogP contribution in [0.15, 0.2) is 64.4 Å². The Hall–Kier alpha value is -3.59. The molecule has 30 heavy (non-hydrogen) atoms. The van der Waals surface area contributed by atoms with Gasteiger partial charge in [0.1, 0.15) is 0 Å². The normalized spacial score (nSPS) is 11.9. The number of amides is 2. The first kappa shape index (κ1) is 19.7. The number of carbonyl (C=O) groups excluding carboxylic acids is 2. The van der Waals surface area contributed by atoms with Gasteiger partial charge >= 0.3 is 0 Å². The van der Waals surface area contributed by atoms with Crippen LogP contribution in [0.5, 0.6) is 0 Å². The van der Waals surface area contributed by atoms with Gasteiger partial charge in [0.05, 0.1) is 10.8 Å². The molecule has 1 unspecified atom stereocenters. The van der Waals surface area contributed by atoms with Crippen LogP contribution in [0.2, 0.25) is 0 Å². The average Bonchev–Trinajstić information content (AvgIpc) is 3.35. The van der Waals surface area contributed by atoms with E-state index in [9.17, 15) is 9.59 Å². The second kappa shape index (κ2) is 8.42. The number of nitrogens with zero attached hydrogens (tertiary/aromatic N) is 2. The summed E-state index contributed by atoms with van der Waals surface area (Å²) in [5, 5.41) is 14.6. The standard InChI is InChI=1S/C21H19N5O3S/c1-12(19(28)24-15-9-7-14(8-10-15)23-13(2)27)30-21-26-25-20(29-21)17-11-22-18-6-4-3-5-16(17)18/h3-12,22H,1-2H3,(H,23,27)(H,24,28). The summed E-state index contributed by atoms with van der Waals surface area (Å²) in [6.45, 7) is 3.21. The Morgan fingerprint density at radius 1 is 1.03 bits per heavy atom. The molecule has 0 aliphatic rings. The van der Waals surface area contributed by atoms with Crippen molar-refractivity contribution in [1.29, 1.82) is 0 Å². The van der Waals surface area contributed by atoms with Gasteiger partial charge in [0, 0.05) is 35.4 Å². The van der Waals surface area contributed by atoms with E-state index < -0.39 is 5.25 Å². The first-order valence-electron chi connectivity index (χ1n) is 9.25.